The van der Waals surface area contributed by atoms with Crippen molar-refractivity contribution in [1.29, 1.82) is 0 Å². The molecule has 0 bridgehead atoms. The van der Waals surface area contributed by atoms with Crippen LogP contribution in [0, 0.1) is 0 Å². The number of halogens is 3. The molecule has 0 saturated heterocycles. The molecule has 0 atom stereocenters. The summed E-state index contributed by atoms with van der Waals surface area (Å²) >= 11 is 0. The highest BCUT2D eigenvalue weighted by Gasteiger charge is 2.30. The number of hydrogen-bond acceptors (Lipinski definition) is 4. The second kappa shape index (κ2) is 9.89. The van der Waals surface area contributed by atoms with Gasteiger partial charge < -0.3 is 15.4 Å². The highest BCUT2D eigenvalue weighted by molar-refractivity contribution is 5.96. The van der Waals surface area contributed by atoms with Crippen LogP contribution in [-0.4, -0.2) is 32.4 Å². The molecule has 2 N–H and O–H groups in total. The van der Waals surface area contributed by atoms with E-state index in [9.17, 15) is 22.8 Å². The number of nitrogens with one attached hydrogen (secondary N) is 2. The molecule has 2 aromatic carbocycles. The van der Waals surface area contributed by atoms with E-state index in [1.165, 1.54) is 31.4 Å². The van der Waals surface area contributed by atoms with Crippen molar-refractivity contribution in [2.24, 2.45) is 0 Å². The lowest BCUT2D eigenvalue weighted by molar-refractivity contribution is -0.137. The highest BCUT2D eigenvalue weighted by atomic mass is 19.4. The first-order valence-electron chi connectivity index (χ1n) is 8.63. The molecule has 0 unspecified atom stereocenters. The molecular formula is C20H21F3N2O3. The standard InChI is InChI=1S/C20H21F3N2O3/c1-28-18-10-15(13-26)8-16(11-18)19(27)25-7-3-6-24-12-14-4-2-5-17(9-14)20(21,22)23/h2,4-5,8-11,13,24H,3,6-7,12H2,1H3,(H,25,27). The third kappa shape index (κ3) is 6.38. The van der Waals surface area contributed by atoms with Gasteiger partial charge in [-0.25, -0.2) is 0 Å². The number of carbonyl (C=O) groups excluding carboxylic acids is 2. The van der Waals surface area contributed by atoms with Crippen molar-refractivity contribution in [3.63, 3.8) is 0 Å². The van der Waals surface area contributed by atoms with Gasteiger partial charge in [-0.2, -0.15) is 13.2 Å². The van der Waals surface area contributed by atoms with Gasteiger partial charge in [-0.05, 0) is 42.8 Å². The Morgan fingerprint density at radius 1 is 1.14 bits per heavy atom. The smallest absolute Gasteiger partial charge is 0.416 e. The van der Waals surface area contributed by atoms with Crippen LogP contribution in [0.5, 0.6) is 5.75 Å². The van der Waals surface area contributed by atoms with E-state index in [1.807, 2.05) is 0 Å². The predicted molar refractivity (Wildman–Crippen MR) is 98.5 cm³/mol. The van der Waals surface area contributed by atoms with Crippen LogP contribution in [0.3, 0.4) is 0 Å². The monoisotopic (exact) mass is 394 g/mol. The normalized spacial score (nSPS) is 11.1. The number of carbonyl (C=O) groups is 2. The number of ether oxygens (including phenoxy) is 1. The average Bonchev–Trinajstić information content (AvgIpc) is 2.69. The highest BCUT2D eigenvalue weighted by Crippen LogP contribution is 2.29. The maximum atomic E-state index is 12.7. The Morgan fingerprint density at radius 2 is 1.93 bits per heavy atom. The minimum atomic E-state index is -4.36. The number of hydrogen-bond donors (Lipinski definition) is 2. The molecule has 5 nitrogen and oxygen atoms in total. The number of aldehydes is 1. The second-order valence-electron chi connectivity index (χ2n) is 6.10. The van der Waals surface area contributed by atoms with Crippen molar-refractivity contribution in [3.8, 4) is 5.75 Å². The van der Waals surface area contributed by atoms with Crippen LogP contribution in [-0.2, 0) is 12.7 Å². The largest absolute Gasteiger partial charge is 0.497 e. The van der Waals surface area contributed by atoms with Gasteiger partial charge in [-0.15, -0.1) is 0 Å². The van der Waals surface area contributed by atoms with Gasteiger partial charge in [0.15, 0.2) is 0 Å². The fraction of sp³-hybridized carbons (Fsp3) is 0.300. The van der Waals surface area contributed by atoms with Crippen molar-refractivity contribution in [2.45, 2.75) is 19.1 Å². The third-order valence-electron chi connectivity index (χ3n) is 3.96. The van der Waals surface area contributed by atoms with E-state index in [-0.39, 0.29) is 5.91 Å². The fourth-order valence-electron chi connectivity index (χ4n) is 2.55. The molecule has 0 aliphatic carbocycles. The van der Waals surface area contributed by atoms with E-state index in [4.69, 9.17) is 4.74 Å². The predicted octanol–water partition coefficient (Wildman–Crippen LogP) is 3.44. The Kier molecular flexibility index (Phi) is 7.57. The number of methoxy groups -OCH3 is 1. The Morgan fingerprint density at radius 3 is 2.61 bits per heavy atom. The summed E-state index contributed by atoms with van der Waals surface area (Å²) in [5.74, 6) is 0.0809. The van der Waals surface area contributed by atoms with E-state index < -0.39 is 11.7 Å². The van der Waals surface area contributed by atoms with E-state index in [1.54, 1.807) is 6.07 Å². The summed E-state index contributed by atoms with van der Waals surface area (Å²) in [6.45, 7) is 1.20. The van der Waals surface area contributed by atoms with Crippen molar-refractivity contribution in [3.05, 3.63) is 64.7 Å². The quantitative estimate of drug-likeness (QED) is 0.505. The Bertz CT molecular complexity index is 823. The van der Waals surface area contributed by atoms with Crippen LogP contribution in [0.25, 0.3) is 0 Å². The zero-order valence-electron chi connectivity index (χ0n) is 15.3. The van der Waals surface area contributed by atoms with Gasteiger partial charge in [0.05, 0.1) is 12.7 Å². The van der Waals surface area contributed by atoms with Crippen molar-refractivity contribution in [1.82, 2.24) is 10.6 Å². The number of rotatable bonds is 9. The first kappa shape index (κ1) is 21.4. The molecule has 0 spiro atoms. The first-order valence-corrected chi connectivity index (χ1v) is 8.63. The van der Waals surface area contributed by atoms with Crippen LogP contribution >= 0.6 is 0 Å². The number of amides is 1. The van der Waals surface area contributed by atoms with Crippen molar-refractivity contribution >= 4 is 12.2 Å². The van der Waals surface area contributed by atoms with Crippen LogP contribution in [0.4, 0.5) is 13.2 Å². The molecule has 2 aromatic rings. The summed E-state index contributed by atoms with van der Waals surface area (Å²) in [6.07, 6.45) is -3.13. The lowest BCUT2D eigenvalue weighted by Crippen LogP contribution is -2.27. The molecular weight excluding hydrogens is 373 g/mol. The van der Waals surface area contributed by atoms with Crippen LogP contribution in [0.15, 0.2) is 42.5 Å². The maximum absolute atomic E-state index is 12.7. The molecule has 8 heteroatoms. The lowest BCUT2D eigenvalue weighted by atomic mass is 10.1. The van der Waals surface area contributed by atoms with Crippen molar-refractivity contribution < 1.29 is 27.5 Å². The summed E-state index contributed by atoms with van der Waals surface area (Å²) in [4.78, 5) is 23.1. The van der Waals surface area contributed by atoms with E-state index >= 15 is 0 Å². The fourth-order valence-corrected chi connectivity index (χ4v) is 2.55. The molecule has 0 aromatic heterocycles. The summed E-state index contributed by atoms with van der Waals surface area (Å²) in [5.41, 5.74) is 0.523. The summed E-state index contributed by atoms with van der Waals surface area (Å²) in [6, 6.07) is 9.68. The number of benzene rings is 2. The zero-order valence-corrected chi connectivity index (χ0v) is 15.3. The summed E-state index contributed by atoms with van der Waals surface area (Å²) in [5, 5.41) is 5.78. The van der Waals surface area contributed by atoms with Gasteiger partial charge in [-0.3, -0.25) is 9.59 Å². The summed E-state index contributed by atoms with van der Waals surface area (Å²) in [7, 11) is 1.45. The Hall–Kier alpha value is -2.87. The zero-order chi connectivity index (χ0) is 20.6. The Labute approximate surface area is 160 Å². The van der Waals surface area contributed by atoms with E-state index in [2.05, 4.69) is 10.6 Å². The first-order chi connectivity index (χ1) is 13.3. The number of alkyl halides is 3. The van der Waals surface area contributed by atoms with E-state index in [0.717, 1.165) is 12.1 Å². The molecule has 2 rings (SSSR count). The SMILES string of the molecule is COc1cc(C=O)cc(C(=O)NCCCNCc2cccc(C(F)(F)F)c2)c1. The molecule has 150 valence electrons. The molecule has 0 heterocycles. The van der Waals surface area contributed by atoms with E-state index in [0.29, 0.717) is 54.8 Å². The van der Waals surface area contributed by atoms with Gasteiger partial charge in [0.2, 0.25) is 0 Å². The van der Waals surface area contributed by atoms with Gasteiger partial charge >= 0.3 is 6.18 Å². The maximum Gasteiger partial charge on any atom is 0.416 e. The average molecular weight is 394 g/mol. The van der Waals surface area contributed by atoms with Gasteiger partial charge in [0.25, 0.3) is 5.91 Å². The molecule has 0 fully saturated rings. The van der Waals surface area contributed by atoms with Gasteiger partial charge in [-0.1, -0.05) is 18.2 Å². The second-order valence-corrected chi connectivity index (χ2v) is 6.10. The lowest BCUT2D eigenvalue weighted by Gasteiger charge is -2.10. The minimum absolute atomic E-state index is 0.302. The van der Waals surface area contributed by atoms with Gasteiger partial charge in [0.1, 0.15) is 12.0 Å². The molecule has 0 saturated carbocycles. The van der Waals surface area contributed by atoms with Crippen molar-refractivity contribution in [2.75, 3.05) is 20.2 Å². The van der Waals surface area contributed by atoms with Crippen LogP contribution in [0.1, 0.15) is 38.3 Å². The molecule has 0 aliphatic rings. The third-order valence-corrected chi connectivity index (χ3v) is 3.96. The topological polar surface area (TPSA) is 67.4 Å². The Balaban J connectivity index is 1.75. The molecule has 0 aliphatic heterocycles. The van der Waals surface area contributed by atoms with Gasteiger partial charge in [0, 0.05) is 24.2 Å². The molecule has 0 radical (unpaired) electrons. The molecule has 1 amide bonds. The molecule has 28 heavy (non-hydrogen) atoms. The van der Waals surface area contributed by atoms with Crippen LogP contribution < -0.4 is 15.4 Å². The summed E-state index contributed by atoms with van der Waals surface area (Å²) < 4.78 is 43.1. The minimum Gasteiger partial charge on any atom is -0.497 e. The van der Waals surface area contributed by atoms with Crippen LogP contribution in [0.2, 0.25) is 0 Å².